The monoisotopic (exact) mass is 345 g/mol. The summed E-state index contributed by atoms with van der Waals surface area (Å²) in [6.45, 7) is 3.92. The second-order valence-electron chi connectivity index (χ2n) is 7.14. The smallest absolute Gasteiger partial charge is 0.115 e. The van der Waals surface area contributed by atoms with Crippen molar-refractivity contribution in [1.29, 1.82) is 0 Å². The molecule has 2 heterocycles. The zero-order chi connectivity index (χ0) is 18.1. The van der Waals surface area contributed by atoms with E-state index in [1.807, 2.05) is 31.2 Å². The van der Waals surface area contributed by atoms with E-state index in [-0.39, 0.29) is 0 Å². The van der Waals surface area contributed by atoms with E-state index < -0.39 is 0 Å². The number of fused-ring (bicyclic) bond motifs is 1. The van der Waals surface area contributed by atoms with E-state index in [0.717, 1.165) is 36.5 Å². The third-order valence-corrected chi connectivity index (χ3v) is 5.15. The van der Waals surface area contributed by atoms with Gasteiger partial charge in [-0.15, -0.1) is 0 Å². The van der Waals surface area contributed by atoms with Crippen molar-refractivity contribution in [1.82, 2.24) is 15.1 Å². The number of phenolic OH excluding ortho intramolecular Hbond substituents is 1. The van der Waals surface area contributed by atoms with E-state index in [1.165, 1.54) is 16.7 Å². The maximum Gasteiger partial charge on any atom is 0.115 e. The maximum absolute atomic E-state index is 9.61. The van der Waals surface area contributed by atoms with Crippen LogP contribution in [0.1, 0.15) is 34.7 Å². The molecule has 4 rings (SSSR count). The minimum Gasteiger partial charge on any atom is -0.508 e. The molecule has 1 aliphatic heterocycles. The molecule has 1 aliphatic rings. The fourth-order valence-corrected chi connectivity index (χ4v) is 3.72. The van der Waals surface area contributed by atoms with Gasteiger partial charge in [-0.05, 0) is 74.0 Å². The lowest BCUT2D eigenvalue weighted by Crippen LogP contribution is -2.17. The molecule has 1 unspecified atom stereocenters. The fourth-order valence-electron chi connectivity index (χ4n) is 3.72. The van der Waals surface area contributed by atoms with Crippen LogP contribution in [0.3, 0.4) is 0 Å². The lowest BCUT2D eigenvalue weighted by molar-refractivity contribution is 0.328. The molecule has 0 saturated carbocycles. The molecule has 4 nitrogen and oxygen atoms in total. The molecule has 4 heteroatoms. The molecule has 3 aromatic rings. The van der Waals surface area contributed by atoms with Gasteiger partial charge in [0.1, 0.15) is 5.75 Å². The first-order valence-electron chi connectivity index (χ1n) is 9.01. The molecule has 0 fully saturated rings. The summed E-state index contributed by atoms with van der Waals surface area (Å²) in [5.41, 5.74) is 6.90. The summed E-state index contributed by atoms with van der Waals surface area (Å²) in [7, 11) is 2.17. The number of aromatic hydroxyl groups is 1. The van der Waals surface area contributed by atoms with Gasteiger partial charge in [0.15, 0.2) is 0 Å². The standard InChI is InChI=1S/C22H23N3O/c1-15-3-10-22(24-23-15)17-6-9-20-18(13-17)14-25(2)12-11-21(20)16-4-7-19(26)8-5-16/h3-10,13,21,26H,11-12,14H2,1-2H3. The summed E-state index contributed by atoms with van der Waals surface area (Å²) < 4.78 is 0. The second-order valence-corrected chi connectivity index (χ2v) is 7.14. The predicted molar refractivity (Wildman–Crippen MR) is 103 cm³/mol. The molecule has 132 valence electrons. The molecular weight excluding hydrogens is 322 g/mol. The number of hydrogen-bond acceptors (Lipinski definition) is 4. The van der Waals surface area contributed by atoms with Crippen LogP contribution in [-0.4, -0.2) is 33.8 Å². The highest BCUT2D eigenvalue weighted by Gasteiger charge is 2.23. The van der Waals surface area contributed by atoms with Gasteiger partial charge in [0.2, 0.25) is 0 Å². The molecule has 0 radical (unpaired) electrons. The average Bonchev–Trinajstić information content (AvgIpc) is 2.81. The van der Waals surface area contributed by atoms with Gasteiger partial charge in [0.05, 0.1) is 11.4 Å². The molecular formula is C22H23N3O. The Bertz CT molecular complexity index is 904. The highest BCUT2D eigenvalue weighted by Crippen LogP contribution is 2.36. The summed E-state index contributed by atoms with van der Waals surface area (Å²) in [5, 5.41) is 18.1. The number of nitrogens with zero attached hydrogens (tertiary/aromatic N) is 3. The highest BCUT2D eigenvalue weighted by molar-refractivity contribution is 5.61. The molecule has 26 heavy (non-hydrogen) atoms. The normalized spacial score (nSPS) is 17.5. The number of aromatic nitrogens is 2. The van der Waals surface area contributed by atoms with Crippen molar-refractivity contribution in [3.8, 4) is 17.0 Å². The Morgan fingerprint density at radius 3 is 2.54 bits per heavy atom. The number of benzene rings is 2. The number of rotatable bonds is 2. The largest absolute Gasteiger partial charge is 0.508 e. The maximum atomic E-state index is 9.61. The highest BCUT2D eigenvalue weighted by atomic mass is 16.3. The average molecular weight is 345 g/mol. The Morgan fingerprint density at radius 2 is 1.81 bits per heavy atom. The summed E-state index contributed by atoms with van der Waals surface area (Å²) in [5.74, 6) is 0.654. The van der Waals surface area contributed by atoms with Gasteiger partial charge >= 0.3 is 0 Å². The van der Waals surface area contributed by atoms with Crippen LogP contribution < -0.4 is 0 Å². The van der Waals surface area contributed by atoms with Crippen LogP contribution in [0.15, 0.2) is 54.6 Å². The number of hydrogen-bond donors (Lipinski definition) is 1. The Labute approximate surface area is 154 Å². The summed E-state index contributed by atoms with van der Waals surface area (Å²) >= 11 is 0. The predicted octanol–water partition coefficient (Wildman–Crippen LogP) is 4.13. The molecule has 0 amide bonds. The number of aryl methyl sites for hydroxylation is 1. The minimum absolute atomic E-state index is 0.313. The fraction of sp³-hybridized carbons (Fsp3) is 0.273. The van der Waals surface area contributed by atoms with Crippen LogP contribution in [0.4, 0.5) is 0 Å². The van der Waals surface area contributed by atoms with Crippen LogP contribution >= 0.6 is 0 Å². The van der Waals surface area contributed by atoms with E-state index in [0.29, 0.717) is 11.7 Å². The molecule has 2 aromatic carbocycles. The quantitative estimate of drug-likeness (QED) is 0.759. The minimum atomic E-state index is 0.313. The molecule has 0 bridgehead atoms. The Hall–Kier alpha value is -2.72. The van der Waals surface area contributed by atoms with Crippen LogP contribution in [-0.2, 0) is 6.54 Å². The first kappa shape index (κ1) is 16.7. The molecule has 0 saturated heterocycles. The molecule has 1 aromatic heterocycles. The van der Waals surface area contributed by atoms with Gasteiger partial charge in [-0.25, -0.2) is 0 Å². The van der Waals surface area contributed by atoms with E-state index >= 15 is 0 Å². The zero-order valence-corrected chi connectivity index (χ0v) is 15.2. The summed E-state index contributed by atoms with van der Waals surface area (Å²) in [6, 6.07) is 18.3. The second kappa shape index (κ2) is 6.89. The topological polar surface area (TPSA) is 49.2 Å². The first-order chi connectivity index (χ1) is 12.6. The van der Waals surface area contributed by atoms with Crippen LogP contribution in [0, 0.1) is 6.92 Å². The Morgan fingerprint density at radius 1 is 1.00 bits per heavy atom. The lowest BCUT2D eigenvalue weighted by atomic mass is 9.85. The lowest BCUT2D eigenvalue weighted by Gasteiger charge is -2.18. The van der Waals surface area contributed by atoms with Gasteiger partial charge in [-0.1, -0.05) is 24.3 Å². The molecule has 1 atom stereocenters. The number of phenols is 1. The van der Waals surface area contributed by atoms with E-state index in [1.54, 1.807) is 12.1 Å². The first-order valence-corrected chi connectivity index (χ1v) is 9.01. The van der Waals surface area contributed by atoms with Crippen LogP contribution in [0.25, 0.3) is 11.3 Å². The van der Waals surface area contributed by atoms with Crippen LogP contribution in [0.5, 0.6) is 5.75 Å². The third-order valence-electron chi connectivity index (χ3n) is 5.15. The van der Waals surface area contributed by atoms with Gasteiger partial charge in [-0.2, -0.15) is 10.2 Å². The van der Waals surface area contributed by atoms with Gasteiger partial charge in [0, 0.05) is 18.0 Å². The van der Waals surface area contributed by atoms with Crippen molar-refractivity contribution in [2.45, 2.75) is 25.8 Å². The molecule has 1 N–H and O–H groups in total. The Kier molecular flexibility index (Phi) is 4.43. The summed E-state index contributed by atoms with van der Waals surface area (Å²) in [4.78, 5) is 2.36. The van der Waals surface area contributed by atoms with Gasteiger partial charge in [-0.3, -0.25) is 0 Å². The van der Waals surface area contributed by atoms with E-state index in [2.05, 4.69) is 40.3 Å². The van der Waals surface area contributed by atoms with Crippen LogP contribution in [0.2, 0.25) is 0 Å². The van der Waals surface area contributed by atoms with Crippen molar-refractivity contribution in [3.05, 3.63) is 77.0 Å². The van der Waals surface area contributed by atoms with E-state index in [9.17, 15) is 5.11 Å². The van der Waals surface area contributed by atoms with Crippen molar-refractivity contribution in [3.63, 3.8) is 0 Å². The summed E-state index contributed by atoms with van der Waals surface area (Å²) in [6.07, 6.45) is 1.07. The zero-order valence-electron chi connectivity index (χ0n) is 15.2. The molecule has 0 spiro atoms. The van der Waals surface area contributed by atoms with Crippen molar-refractivity contribution in [2.75, 3.05) is 13.6 Å². The third kappa shape index (κ3) is 3.33. The van der Waals surface area contributed by atoms with E-state index in [4.69, 9.17) is 0 Å². The Balaban J connectivity index is 1.76. The SMILES string of the molecule is Cc1ccc(-c2ccc3c(c2)CN(C)CCC3c2ccc(O)cc2)nn1. The van der Waals surface area contributed by atoms with Gasteiger partial charge in [0.25, 0.3) is 0 Å². The molecule has 0 aliphatic carbocycles. The van der Waals surface area contributed by atoms with Crippen molar-refractivity contribution < 1.29 is 5.11 Å². The van der Waals surface area contributed by atoms with Crippen molar-refractivity contribution in [2.24, 2.45) is 0 Å². The van der Waals surface area contributed by atoms with Crippen molar-refractivity contribution >= 4 is 0 Å². The van der Waals surface area contributed by atoms with Gasteiger partial charge < -0.3 is 10.0 Å².